The molecule has 1 aromatic rings. The molecule has 6 nitrogen and oxygen atoms in total. The van der Waals surface area contributed by atoms with Gasteiger partial charge in [-0.2, -0.15) is 0 Å². The molecule has 0 radical (unpaired) electrons. The zero-order chi connectivity index (χ0) is 17.9. The van der Waals surface area contributed by atoms with Crippen molar-refractivity contribution in [3.05, 3.63) is 47.0 Å². The van der Waals surface area contributed by atoms with E-state index >= 15 is 0 Å². The first-order chi connectivity index (χ1) is 11.3. The average Bonchev–Trinajstić information content (AvgIpc) is 2.57. The number of carbonyl (C=O) groups excluding carboxylic acids is 2. The maximum Gasteiger partial charge on any atom is 0.333 e. The van der Waals surface area contributed by atoms with Crippen molar-refractivity contribution in [3.8, 4) is 0 Å². The van der Waals surface area contributed by atoms with Crippen LogP contribution in [0.4, 0.5) is 0 Å². The second-order valence-electron chi connectivity index (χ2n) is 5.96. The van der Waals surface area contributed by atoms with Crippen LogP contribution >= 0.6 is 0 Å². The summed E-state index contributed by atoms with van der Waals surface area (Å²) in [7, 11) is 0. The lowest BCUT2D eigenvalue weighted by molar-refractivity contribution is -0.163. The van der Waals surface area contributed by atoms with Gasteiger partial charge in [-0.1, -0.05) is 30.3 Å². The van der Waals surface area contributed by atoms with Gasteiger partial charge in [0.2, 0.25) is 5.91 Å². The number of nitrogens with zero attached hydrogens (tertiary/aromatic N) is 1. The molecule has 1 aliphatic heterocycles. The zero-order valence-electron chi connectivity index (χ0n) is 14.0. The van der Waals surface area contributed by atoms with E-state index in [4.69, 9.17) is 4.74 Å². The van der Waals surface area contributed by atoms with Crippen LogP contribution in [0, 0.1) is 0 Å². The van der Waals surface area contributed by atoms with E-state index in [0.717, 1.165) is 5.56 Å². The minimum Gasteiger partial charge on any atom is -0.478 e. The summed E-state index contributed by atoms with van der Waals surface area (Å²) in [5.41, 5.74) is 1.19. The fourth-order valence-corrected chi connectivity index (χ4v) is 2.67. The van der Waals surface area contributed by atoms with Crippen molar-refractivity contribution in [1.82, 2.24) is 4.90 Å². The highest BCUT2D eigenvalue weighted by atomic mass is 16.5. The smallest absolute Gasteiger partial charge is 0.333 e. The topological polar surface area (TPSA) is 83.9 Å². The van der Waals surface area contributed by atoms with Crippen molar-refractivity contribution in [2.45, 2.75) is 45.9 Å². The minimum atomic E-state index is -1.12. The molecule has 1 heterocycles. The van der Waals surface area contributed by atoms with Gasteiger partial charge < -0.3 is 14.7 Å². The molecular formula is C18H21NO5. The molecule has 0 saturated carbocycles. The van der Waals surface area contributed by atoms with Crippen LogP contribution in [0.5, 0.6) is 0 Å². The van der Waals surface area contributed by atoms with Crippen LogP contribution in [-0.4, -0.2) is 39.9 Å². The molecule has 1 N–H and O–H groups in total. The number of hydrogen-bond acceptors (Lipinski definition) is 4. The first-order valence-corrected chi connectivity index (χ1v) is 7.75. The summed E-state index contributed by atoms with van der Waals surface area (Å²) in [5.74, 6) is -1.91. The SMILES string of the molecule is CC(C(=O)O)=C(C)C(C(=O)OCc1ccccc1)N1C(=O)CC1C. The molecule has 24 heavy (non-hydrogen) atoms. The number of β-lactam (4-membered cyclic amide) rings is 1. The number of likely N-dealkylation sites (tertiary alicyclic amines) is 1. The Morgan fingerprint density at radius 2 is 1.92 bits per heavy atom. The number of carboxylic acids is 1. The van der Waals surface area contributed by atoms with Gasteiger partial charge >= 0.3 is 11.9 Å². The molecule has 0 aromatic heterocycles. The predicted molar refractivity (Wildman–Crippen MR) is 87.0 cm³/mol. The van der Waals surface area contributed by atoms with Gasteiger partial charge in [0, 0.05) is 18.0 Å². The van der Waals surface area contributed by atoms with Gasteiger partial charge in [0.25, 0.3) is 0 Å². The Hall–Kier alpha value is -2.63. The molecule has 2 rings (SSSR count). The van der Waals surface area contributed by atoms with Gasteiger partial charge in [-0.3, -0.25) is 4.79 Å². The summed E-state index contributed by atoms with van der Waals surface area (Å²) in [6.07, 6.45) is 0.349. The summed E-state index contributed by atoms with van der Waals surface area (Å²) < 4.78 is 5.33. The average molecular weight is 331 g/mol. The molecule has 2 unspecified atom stereocenters. The van der Waals surface area contributed by atoms with E-state index in [1.54, 1.807) is 6.92 Å². The number of esters is 1. The summed E-state index contributed by atoms with van der Waals surface area (Å²) in [4.78, 5) is 37.1. The maximum absolute atomic E-state index is 12.6. The maximum atomic E-state index is 12.6. The Labute approximate surface area is 140 Å². The highest BCUT2D eigenvalue weighted by molar-refractivity contribution is 5.94. The van der Waals surface area contributed by atoms with Crippen molar-refractivity contribution < 1.29 is 24.2 Å². The van der Waals surface area contributed by atoms with Crippen LogP contribution in [0.15, 0.2) is 41.5 Å². The fourth-order valence-electron chi connectivity index (χ4n) is 2.67. The number of ether oxygens (including phenoxy) is 1. The van der Waals surface area contributed by atoms with E-state index in [1.165, 1.54) is 11.8 Å². The van der Waals surface area contributed by atoms with Crippen molar-refractivity contribution in [2.24, 2.45) is 0 Å². The van der Waals surface area contributed by atoms with Crippen LogP contribution in [0.2, 0.25) is 0 Å². The van der Waals surface area contributed by atoms with Crippen LogP contribution in [-0.2, 0) is 25.7 Å². The molecule has 1 aliphatic rings. The van der Waals surface area contributed by atoms with Crippen LogP contribution < -0.4 is 0 Å². The van der Waals surface area contributed by atoms with Crippen molar-refractivity contribution in [3.63, 3.8) is 0 Å². The summed E-state index contributed by atoms with van der Waals surface area (Å²) in [6.45, 7) is 4.87. The Morgan fingerprint density at radius 3 is 2.42 bits per heavy atom. The lowest BCUT2D eigenvalue weighted by Gasteiger charge is -2.43. The molecule has 0 bridgehead atoms. The third-order valence-electron chi connectivity index (χ3n) is 4.28. The van der Waals surface area contributed by atoms with Crippen molar-refractivity contribution in [2.75, 3.05) is 0 Å². The number of benzene rings is 1. The van der Waals surface area contributed by atoms with Gasteiger partial charge in [0.1, 0.15) is 6.61 Å². The molecule has 1 fully saturated rings. The summed E-state index contributed by atoms with van der Waals surface area (Å²) in [5, 5.41) is 9.18. The predicted octanol–water partition coefficient (Wildman–Crippen LogP) is 2.14. The molecule has 6 heteroatoms. The molecular weight excluding hydrogens is 310 g/mol. The number of hydrogen-bond donors (Lipinski definition) is 1. The van der Waals surface area contributed by atoms with E-state index in [9.17, 15) is 19.5 Å². The molecule has 0 aliphatic carbocycles. The van der Waals surface area contributed by atoms with Crippen molar-refractivity contribution >= 4 is 17.8 Å². The van der Waals surface area contributed by atoms with Gasteiger partial charge in [-0.25, -0.2) is 9.59 Å². The standard InChI is InChI=1S/C18H21NO5/c1-11-9-15(20)19(11)16(12(2)13(3)17(21)22)18(23)24-10-14-7-5-4-6-8-14/h4-8,11,16H,9-10H2,1-3H3,(H,21,22). The highest BCUT2D eigenvalue weighted by Gasteiger charge is 2.43. The van der Waals surface area contributed by atoms with Gasteiger partial charge in [-0.05, 0) is 31.9 Å². The number of rotatable bonds is 6. The minimum absolute atomic E-state index is 0.0450. The summed E-state index contributed by atoms with van der Waals surface area (Å²) in [6, 6.07) is 8.06. The lowest BCUT2D eigenvalue weighted by Crippen LogP contribution is -2.59. The van der Waals surface area contributed by atoms with Crippen molar-refractivity contribution in [1.29, 1.82) is 0 Å². The largest absolute Gasteiger partial charge is 0.478 e. The first kappa shape index (κ1) is 17.7. The van der Waals surface area contributed by atoms with E-state index in [-0.39, 0.29) is 24.1 Å². The van der Waals surface area contributed by atoms with Crippen LogP contribution in [0.3, 0.4) is 0 Å². The second kappa shape index (κ2) is 7.29. The quantitative estimate of drug-likeness (QED) is 0.490. The van der Waals surface area contributed by atoms with Crippen LogP contribution in [0.25, 0.3) is 0 Å². The lowest BCUT2D eigenvalue weighted by atomic mass is 9.94. The van der Waals surface area contributed by atoms with Gasteiger partial charge in [0.15, 0.2) is 6.04 Å². The van der Waals surface area contributed by atoms with E-state index in [2.05, 4.69) is 0 Å². The molecule has 1 saturated heterocycles. The number of amides is 1. The Kier molecular flexibility index (Phi) is 5.39. The fraction of sp³-hybridized carbons (Fsp3) is 0.389. The molecule has 1 aromatic carbocycles. The number of aliphatic carboxylic acids is 1. The molecule has 128 valence electrons. The van der Waals surface area contributed by atoms with E-state index in [0.29, 0.717) is 12.0 Å². The zero-order valence-corrected chi connectivity index (χ0v) is 14.0. The van der Waals surface area contributed by atoms with Gasteiger partial charge in [-0.15, -0.1) is 0 Å². The first-order valence-electron chi connectivity index (χ1n) is 7.75. The molecule has 1 amide bonds. The highest BCUT2D eigenvalue weighted by Crippen LogP contribution is 2.28. The van der Waals surface area contributed by atoms with Crippen LogP contribution in [0.1, 0.15) is 32.8 Å². The normalized spacial score (nSPS) is 19.2. The third-order valence-corrected chi connectivity index (χ3v) is 4.28. The molecule has 2 atom stereocenters. The number of carbonyl (C=O) groups is 3. The Balaban J connectivity index is 2.22. The van der Waals surface area contributed by atoms with Gasteiger partial charge in [0.05, 0.1) is 0 Å². The Morgan fingerprint density at radius 1 is 1.29 bits per heavy atom. The van der Waals surface area contributed by atoms with E-state index in [1.807, 2.05) is 37.3 Å². The Bertz CT molecular complexity index is 680. The van der Waals surface area contributed by atoms with E-state index < -0.39 is 18.0 Å². The third kappa shape index (κ3) is 3.64. The molecule has 0 spiro atoms. The number of carboxylic acid groups (broad SMARTS) is 1. The monoisotopic (exact) mass is 331 g/mol. The summed E-state index contributed by atoms with van der Waals surface area (Å²) >= 11 is 0. The second-order valence-corrected chi connectivity index (χ2v) is 5.96.